The lowest BCUT2D eigenvalue weighted by molar-refractivity contribution is 0.00520. The van der Waals surface area contributed by atoms with E-state index in [4.69, 9.17) is 30.0 Å². The van der Waals surface area contributed by atoms with Crippen molar-refractivity contribution in [3.8, 4) is 23.1 Å². The highest BCUT2D eigenvalue weighted by Crippen LogP contribution is 2.38. The van der Waals surface area contributed by atoms with Crippen LogP contribution in [0.2, 0.25) is 0 Å². The second-order valence-electron chi connectivity index (χ2n) is 11.1. The molecule has 2 aromatic carbocycles. The van der Waals surface area contributed by atoms with E-state index in [1.165, 1.54) is 6.33 Å². The molecule has 1 saturated carbocycles. The third kappa shape index (κ3) is 5.22. The third-order valence-corrected chi connectivity index (χ3v) is 8.52. The minimum absolute atomic E-state index is 0.258. The molecule has 12 nitrogen and oxygen atoms in total. The van der Waals surface area contributed by atoms with Gasteiger partial charge in [-0.1, -0.05) is 12.1 Å². The highest BCUT2D eigenvalue weighted by molar-refractivity contribution is 5.98. The lowest BCUT2D eigenvalue weighted by Gasteiger charge is -2.38. The maximum atomic E-state index is 9.08. The molecule has 1 aliphatic heterocycles. The van der Waals surface area contributed by atoms with Gasteiger partial charge in [0.25, 0.3) is 6.01 Å². The van der Waals surface area contributed by atoms with E-state index in [-0.39, 0.29) is 12.5 Å². The fourth-order valence-electron chi connectivity index (χ4n) is 6.35. The molecule has 7 rings (SSSR count). The number of aromatic nitrogens is 5. The van der Waals surface area contributed by atoms with Crippen molar-refractivity contribution < 1.29 is 13.9 Å². The third-order valence-electron chi connectivity index (χ3n) is 8.52. The van der Waals surface area contributed by atoms with Crippen LogP contribution in [0, 0.1) is 11.3 Å². The Balaban J connectivity index is 1.13. The van der Waals surface area contributed by atoms with Gasteiger partial charge in [-0.2, -0.15) is 15.3 Å². The van der Waals surface area contributed by atoms with E-state index >= 15 is 0 Å². The molecule has 3 N–H and O–H groups in total. The van der Waals surface area contributed by atoms with Crippen LogP contribution >= 0.6 is 0 Å². The summed E-state index contributed by atoms with van der Waals surface area (Å²) in [5.41, 5.74) is 11.6. The maximum absolute atomic E-state index is 9.08. The Morgan fingerprint density at radius 1 is 1.07 bits per heavy atom. The van der Waals surface area contributed by atoms with Crippen LogP contribution in [0.3, 0.4) is 0 Å². The van der Waals surface area contributed by atoms with Gasteiger partial charge in [0, 0.05) is 30.4 Å². The summed E-state index contributed by atoms with van der Waals surface area (Å²) in [5, 5.41) is 18.2. The molecule has 5 aromatic rings. The van der Waals surface area contributed by atoms with Crippen molar-refractivity contribution in [2.24, 2.45) is 0 Å². The molecule has 2 fully saturated rings. The second-order valence-corrected chi connectivity index (χ2v) is 11.1. The Hall–Kier alpha value is -4.73. The van der Waals surface area contributed by atoms with Gasteiger partial charge >= 0.3 is 0 Å². The summed E-state index contributed by atoms with van der Waals surface area (Å²) < 4.78 is 19.0. The Morgan fingerprint density at radius 2 is 1.84 bits per heavy atom. The Kier molecular flexibility index (Phi) is 7.26. The average Bonchev–Trinajstić information content (AvgIpc) is 3.64. The lowest BCUT2D eigenvalue weighted by Crippen LogP contribution is -2.45. The number of hydrogen-bond donors (Lipinski definition) is 2. The van der Waals surface area contributed by atoms with Crippen LogP contribution in [0.15, 0.2) is 47.1 Å². The molecule has 1 aliphatic carbocycles. The predicted octanol–water partition coefficient (Wildman–Crippen LogP) is 4.85. The van der Waals surface area contributed by atoms with E-state index in [1.807, 2.05) is 30.3 Å². The van der Waals surface area contributed by atoms with Crippen LogP contribution in [0.4, 0.5) is 17.5 Å². The number of hydrogen-bond acceptors (Lipinski definition) is 11. The highest BCUT2D eigenvalue weighted by atomic mass is 16.5. The molecule has 0 radical (unpaired) electrons. The molecule has 0 amide bonds. The topological polar surface area (TPSA) is 153 Å². The Morgan fingerprint density at radius 3 is 2.58 bits per heavy atom. The van der Waals surface area contributed by atoms with Crippen LogP contribution in [-0.4, -0.2) is 69.1 Å². The lowest BCUT2D eigenvalue weighted by atomic mass is 9.90. The number of methoxy groups -OCH3 is 1. The number of ether oxygens (including phenoxy) is 2. The summed E-state index contributed by atoms with van der Waals surface area (Å²) in [6, 6.07) is 14.8. The van der Waals surface area contributed by atoms with Crippen LogP contribution in [0.1, 0.15) is 37.3 Å². The number of nitriles is 1. The predicted molar refractivity (Wildman–Crippen MR) is 162 cm³/mol. The molecule has 12 heteroatoms. The number of nitrogen functional groups attached to an aromatic ring is 1. The van der Waals surface area contributed by atoms with Crippen LogP contribution in [-0.2, 0) is 11.2 Å². The number of rotatable bonds is 7. The zero-order chi connectivity index (χ0) is 29.3. The van der Waals surface area contributed by atoms with E-state index in [0.29, 0.717) is 34.7 Å². The molecule has 0 unspecified atom stereocenters. The van der Waals surface area contributed by atoms with Crippen LogP contribution in [0.5, 0.6) is 5.75 Å². The van der Waals surface area contributed by atoms with E-state index in [0.717, 1.165) is 85.5 Å². The number of fused-ring (bicyclic) bond motifs is 2. The van der Waals surface area contributed by atoms with E-state index in [2.05, 4.69) is 35.9 Å². The fraction of sp³-hybridized carbons (Fsp3) is 0.387. The number of nitrogens with one attached hydrogen (secondary N) is 1. The summed E-state index contributed by atoms with van der Waals surface area (Å²) in [5.74, 6) is 0.960. The van der Waals surface area contributed by atoms with Crippen molar-refractivity contribution in [3.63, 3.8) is 0 Å². The van der Waals surface area contributed by atoms with Gasteiger partial charge in [0.2, 0.25) is 0 Å². The quantitative estimate of drug-likeness (QED) is 0.272. The first-order chi connectivity index (χ1) is 21.1. The standard InChI is InChI=1S/C31H33N9O3/c1-41-25-17-19(10-11-32)16-24-28(25)43-31(37-24)36-21-4-2-20(3-5-21)27-26-29(33)34-18-35-30(26)40(38-27)23-8-6-22(7-9-23)39-12-14-42-15-13-39/h2-5,16-18,22-23H,6-10,12-15H2,1H3,(H,36,37)(H2,33,34,35)/t22-,23-. The smallest absolute Gasteiger partial charge is 0.300 e. The molecule has 2 aliphatic rings. The summed E-state index contributed by atoms with van der Waals surface area (Å²) in [4.78, 5) is 16.0. The van der Waals surface area contributed by atoms with E-state index in [9.17, 15) is 0 Å². The normalized spacial score (nSPS) is 19.4. The van der Waals surface area contributed by atoms with Crippen molar-refractivity contribution in [1.29, 1.82) is 5.26 Å². The average molecular weight is 580 g/mol. The van der Waals surface area contributed by atoms with Crippen LogP contribution in [0.25, 0.3) is 33.4 Å². The minimum atomic E-state index is 0.258. The molecule has 0 atom stereocenters. The van der Waals surface area contributed by atoms with Crippen LogP contribution < -0.4 is 15.8 Å². The Labute approximate surface area is 248 Å². The number of oxazole rings is 1. The second kappa shape index (κ2) is 11.5. The maximum Gasteiger partial charge on any atom is 0.300 e. The molecular formula is C31H33N9O3. The van der Waals surface area contributed by atoms with Crippen molar-refractivity contribution in [2.75, 3.05) is 44.5 Å². The van der Waals surface area contributed by atoms with Gasteiger partial charge in [-0.05, 0) is 55.5 Å². The summed E-state index contributed by atoms with van der Waals surface area (Å²) in [6.07, 6.45) is 6.12. The summed E-state index contributed by atoms with van der Waals surface area (Å²) in [6.45, 7) is 3.68. The minimum Gasteiger partial charge on any atom is -0.493 e. The zero-order valence-corrected chi connectivity index (χ0v) is 24.0. The Bertz CT molecular complexity index is 1790. The van der Waals surface area contributed by atoms with Gasteiger partial charge in [-0.3, -0.25) is 4.90 Å². The summed E-state index contributed by atoms with van der Waals surface area (Å²) >= 11 is 0. The largest absolute Gasteiger partial charge is 0.493 e. The van der Waals surface area contributed by atoms with Crippen molar-refractivity contribution >= 4 is 39.7 Å². The molecule has 0 spiro atoms. The first-order valence-corrected chi connectivity index (χ1v) is 14.6. The number of nitrogens with two attached hydrogens (primary N) is 1. The number of benzene rings is 2. The monoisotopic (exact) mass is 579 g/mol. The molecule has 1 saturated heterocycles. The van der Waals surface area contributed by atoms with Gasteiger partial charge in [-0.25, -0.2) is 14.6 Å². The van der Waals surface area contributed by atoms with Gasteiger partial charge < -0.3 is 24.9 Å². The van der Waals surface area contributed by atoms with Crippen molar-refractivity contribution in [1.82, 2.24) is 29.6 Å². The first kappa shape index (κ1) is 27.1. The molecule has 4 heterocycles. The highest BCUT2D eigenvalue weighted by Gasteiger charge is 2.30. The molecule has 220 valence electrons. The van der Waals surface area contributed by atoms with Gasteiger partial charge in [0.15, 0.2) is 17.0 Å². The molecule has 43 heavy (non-hydrogen) atoms. The van der Waals surface area contributed by atoms with E-state index in [1.54, 1.807) is 13.2 Å². The van der Waals surface area contributed by atoms with Gasteiger partial charge in [-0.15, -0.1) is 0 Å². The molecule has 3 aromatic heterocycles. The molecular weight excluding hydrogens is 546 g/mol. The molecule has 0 bridgehead atoms. The van der Waals surface area contributed by atoms with Gasteiger partial charge in [0.1, 0.15) is 23.4 Å². The van der Waals surface area contributed by atoms with Gasteiger partial charge in [0.05, 0.1) is 44.2 Å². The van der Waals surface area contributed by atoms with Crippen molar-refractivity contribution in [2.45, 2.75) is 44.2 Å². The zero-order valence-electron chi connectivity index (χ0n) is 24.0. The first-order valence-electron chi connectivity index (χ1n) is 14.6. The number of nitrogens with zero attached hydrogens (tertiary/aromatic N) is 7. The number of anilines is 3. The fourth-order valence-corrected chi connectivity index (χ4v) is 6.35. The summed E-state index contributed by atoms with van der Waals surface area (Å²) in [7, 11) is 1.57. The van der Waals surface area contributed by atoms with E-state index < -0.39 is 0 Å². The SMILES string of the molecule is COc1cc(CC#N)cc2nc(Nc3ccc(-c4nn([C@H]5CC[C@H](N6CCOCC6)CC5)c5ncnc(N)c45)cc3)oc12. The number of morpholine rings is 1. The van der Waals surface area contributed by atoms with Crippen molar-refractivity contribution in [3.05, 3.63) is 48.3 Å².